The highest BCUT2D eigenvalue weighted by atomic mass is 16.2. The van der Waals surface area contributed by atoms with Crippen molar-refractivity contribution in [2.75, 3.05) is 13.1 Å². The maximum atomic E-state index is 11.5. The highest BCUT2D eigenvalue weighted by Crippen LogP contribution is 2.01. The molecule has 0 aliphatic heterocycles. The number of hydrogen-bond acceptors (Lipinski definition) is 2. The number of carbonyl (C=O) groups excluding carboxylic acids is 2. The van der Waals surface area contributed by atoms with Gasteiger partial charge in [0.2, 0.25) is 11.8 Å². The predicted molar refractivity (Wildman–Crippen MR) is 80.3 cm³/mol. The average Bonchev–Trinajstić information content (AvgIpc) is 2.48. The maximum Gasteiger partial charge on any atom is 0.220 e. The first-order chi connectivity index (χ1) is 9.72. The number of benzene rings is 1. The van der Waals surface area contributed by atoms with Crippen molar-refractivity contribution in [2.24, 2.45) is 0 Å². The summed E-state index contributed by atoms with van der Waals surface area (Å²) in [6.07, 6.45) is 3.32. The van der Waals surface area contributed by atoms with Crippen molar-refractivity contribution in [3.63, 3.8) is 0 Å². The van der Waals surface area contributed by atoms with Crippen molar-refractivity contribution in [1.82, 2.24) is 10.6 Å². The molecule has 1 aromatic rings. The van der Waals surface area contributed by atoms with Crippen LogP contribution in [0.15, 0.2) is 30.3 Å². The zero-order valence-corrected chi connectivity index (χ0v) is 12.2. The molecule has 0 aliphatic rings. The molecule has 1 aromatic carbocycles. The van der Waals surface area contributed by atoms with Crippen LogP contribution in [-0.2, 0) is 16.0 Å². The topological polar surface area (TPSA) is 58.2 Å². The van der Waals surface area contributed by atoms with Gasteiger partial charge in [-0.3, -0.25) is 9.59 Å². The molecular weight excluding hydrogens is 252 g/mol. The Morgan fingerprint density at radius 1 is 0.950 bits per heavy atom. The standard InChI is InChI=1S/C16H24N2O2/c1-2-12-17-15(19)10-11-16(20)18-13-6-9-14-7-4-3-5-8-14/h3-5,7-8H,2,6,9-13H2,1H3,(H,17,19)(H,18,20). The molecule has 0 fully saturated rings. The Bertz CT molecular complexity index is 404. The smallest absolute Gasteiger partial charge is 0.220 e. The Kier molecular flexibility index (Phi) is 8.11. The van der Waals surface area contributed by atoms with Gasteiger partial charge in [-0.15, -0.1) is 0 Å². The van der Waals surface area contributed by atoms with Gasteiger partial charge in [-0.1, -0.05) is 37.3 Å². The molecule has 0 aromatic heterocycles. The molecule has 2 amide bonds. The molecule has 4 nitrogen and oxygen atoms in total. The normalized spacial score (nSPS) is 10.1. The van der Waals surface area contributed by atoms with Crippen molar-refractivity contribution >= 4 is 11.8 Å². The van der Waals surface area contributed by atoms with E-state index in [1.165, 1.54) is 5.56 Å². The van der Waals surface area contributed by atoms with Gasteiger partial charge >= 0.3 is 0 Å². The Balaban J connectivity index is 2.04. The van der Waals surface area contributed by atoms with Crippen LogP contribution in [0.2, 0.25) is 0 Å². The van der Waals surface area contributed by atoms with E-state index in [1.54, 1.807) is 0 Å². The molecule has 0 saturated carbocycles. The summed E-state index contributed by atoms with van der Waals surface area (Å²) in [7, 11) is 0. The zero-order valence-electron chi connectivity index (χ0n) is 12.2. The summed E-state index contributed by atoms with van der Waals surface area (Å²) in [4.78, 5) is 22.9. The lowest BCUT2D eigenvalue weighted by atomic mass is 10.1. The van der Waals surface area contributed by atoms with Gasteiger partial charge in [0.05, 0.1) is 0 Å². The third kappa shape index (κ3) is 7.56. The molecule has 20 heavy (non-hydrogen) atoms. The van der Waals surface area contributed by atoms with Crippen LogP contribution in [-0.4, -0.2) is 24.9 Å². The van der Waals surface area contributed by atoms with Crippen molar-refractivity contribution in [3.05, 3.63) is 35.9 Å². The second-order valence-corrected chi connectivity index (χ2v) is 4.79. The molecule has 0 unspecified atom stereocenters. The lowest BCUT2D eigenvalue weighted by Crippen LogP contribution is -2.28. The summed E-state index contributed by atoms with van der Waals surface area (Å²) in [5, 5.41) is 5.60. The Morgan fingerprint density at radius 2 is 1.55 bits per heavy atom. The van der Waals surface area contributed by atoms with Crippen molar-refractivity contribution in [1.29, 1.82) is 0 Å². The molecule has 110 valence electrons. The number of carbonyl (C=O) groups is 2. The van der Waals surface area contributed by atoms with Crippen LogP contribution >= 0.6 is 0 Å². The fraction of sp³-hybridized carbons (Fsp3) is 0.500. The number of aryl methyl sites for hydroxylation is 1. The molecular formula is C16H24N2O2. The average molecular weight is 276 g/mol. The van der Waals surface area contributed by atoms with Crippen LogP contribution in [0.5, 0.6) is 0 Å². The molecule has 2 N–H and O–H groups in total. The molecule has 0 aliphatic carbocycles. The van der Waals surface area contributed by atoms with Gasteiger partial charge in [0, 0.05) is 25.9 Å². The van der Waals surface area contributed by atoms with Gasteiger partial charge < -0.3 is 10.6 Å². The second kappa shape index (κ2) is 10.0. The summed E-state index contributed by atoms with van der Waals surface area (Å²) in [6.45, 7) is 3.33. The van der Waals surface area contributed by atoms with Crippen LogP contribution in [0.1, 0.15) is 38.2 Å². The Hall–Kier alpha value is -1.84. The first-order valence-electron chi connectivity index (χ1n) is 7.29. The highest BCUT2D eigenvalue weighted by Gasteiger charge is 2.05. The largest absolute Gasteiger partial charge is 0.356 e. The molecule has 0 saturated heterocycles. The van der Waals surface area contributed by atoms with Crippen LogP contribution in [0.4, 0.5) is 0 Å². The third-order valence-electron chi connectivity index (χ3n) is 2.96. The van der Waals surface area contributed by atoms with Gasteiger partial charge in [-0.05, 0) is 24.8 Å². The summed E-state index contributed by atoms with van der Waals surface area (Å²) >= 11 is 0. The van der Waals surface area contributed by atoms with E-state index in [-0.39, 0.29) is 24.7 Å². The minimum absolute atomic E-state index is 0.0497. The maximum absolute atomic E-state index is 11.5. The van der Waals surface area contributed by atoms with E-state index in [0.717, 1.165) is 19.3 Å². The van der Waals surface area contributed by atoms with E-state index in [4.69, 9.17) is 0 Å². The Labute approximate surface area is 121 Å². The molecule has 4 heteroatoms. The molecule has 0 spiro atoms. The quantitative estimate of drug-likeness (QED) is 0.678. The fourth-order valence-electron chi connectivity index (χ4n) is 1.83. The summed E-state index contributed by atoms with van der Waals surface area (Å²) in [6, 6.07) is 10.2. The van der Waals surface area contributed by atoms with Crippen LogP contribution in [0, 0.1) is 0 Å². The van der Waals surface area contributed by atoms with Crippen molar-refractivity contribution in [2.45, 2.75) is 39.0 Å². The van der Waals surface area contributed by atoms with Crippen LogP contribution < -0.4 is 10.6 Å². The number of amides is 2. The van der Waals surface area contributed by atoms with E-state index in [2.05, 4.69) is 22.8 Å². The van der Waals surface area contributed by atoms with Gasteiger partial charge in [0.15, 0.2) is 0 Å². The molecule has 0 atom stereocenters. The summed E-state index contributed by atoms with van der Waals surface area (Å²) in [5.74, 6) is -0.101. The summed E-state index contributed by atoms with van der Waals surface area (Å²) < 4.78 is 0. The monoisotopic (exact) mass is 276 g/mol. The predicted octanol–water partition coefficient (Wildman–Crippen LogP) is 2.04. The number of hydrogen-bond donors (Lipinski definition) is 2. The SMILES string of the molecule is CCCNC(=O)CCC(=O)NCCCc1ccccc1. The van der Waals surface area contributed by atoms with Crippen LogP contribution in [0.25, 0.3) is 0 Å². The zero-order chi connectivity index (χ0) is 14.6. The van der Waals surface area contributed by atoms with E-state index < -0.39 is 0 Å². The first-order valence-corrected chi connectivity index (χ1v) is 7.29. The van der Waals surface area contributed by atoms with Gasteiger partial charge in [0.1, 0.15) is 0 Å². The first kappa shape index (κ1) is 16.2. The minimum atomic E-state index is -0.0512. The molecule has 1 rings (SSSR count). The number of rotatable bonds is 9. The summed E-state index contributed by atoms with van der Waals surface area (Å²) in [5.41, 5.74) is 1.28. The van der Waals surface area contributed by atoms with Crippen molar-refractivity contribution < 1.29 is 9.59 Å². The highest BCUT2D eigenvalue weighted by molar-refractivity contribution is 5.83. The molecule has 0 bridgehead atoms. The lowest BCUT2D eigenvalue weighted by molar-refractivity contribution is -0.126. The van der Waals surface area contributed by atoms with Crippen molar-refractivity contribution in [3.8, 4) is 0 Å². The van der Waals surface area contributed by atoms with Crippen LogP contribution in [0.3, 0.4) is 0 Å². The minimum Gasteiger partial charge on any atom is -0.356 e. The number of nitrogens with one attached hydrogen (secondary N) is 2. The molecule has 0 radical (unpaired) electrons. The van der Waals surface area contributed by atoms with Gasteiger partial charge in [0.25, 0.3) is 0 Å². The van der Waals surface area contributed by atoms with E-state index in [9.17, 15) is 9.59 Å². The Morgan fingerprint density at radius 3 is 2.15 bits per heavy atom. The van der Waals surface area contributed by atoms with E-state index >= 15 is 0 Å². The third-order valence-corrected chi connectivity index (χ3v) is 2.96. The van der Waals surface area contributed by atoms with Gasteiger partial charge in [-0.2, -0.15) is 0 Å². The fourth-order valence-corrected chi connectivity index (χ4v) is 1.83. The van der Waals surface area contributed by atoms with E-state index in [0.29, 0.717) is 13.1 Å². The molecule has 0 heterocycles. The van der Waals surface area contributed by atoms with E-state index in [1.807, 2.05) is 25.1 Å². The second-order valence-electron chi connectivity index (χ2n) is 4.79. The van der Waals surface area contributed by atoms with Gasteiger partial charge in [-0.25, -0.2) is 0 Å². The lowest BCUT2D eigenvalue weighted by Gasteiger charge is -2.06.